The number of amides is 1. The summed E-state index contributed by atoms with van der Waals surface area (Å²) in [5.41, 5.74) is -0.346. The lowest BCUT2D eigenvalue weighted by atomic mass is 10.1. The molecule has 2 unspecified atom stereocenters. The van der Waals surface area contributed by atoms with E-state index < -0.39 is 48.3 Å². The number of aromatic amines is 1. The Morgan fingerprint density at radius 3 is 2.40 bits per heavy atom. The highest BCUT2D eigenvalue weighted by Crippen LogP contribution is 2.37. The highest BCUT2D eigenvalue weighted by atomic mass is 16.7. The zero-order chi connectivity index (χ0) is 29.8. The lowest BCUT2D eigenvalue weighted by Crippen LogP contribution is -2.44. The van der Waals surface area contributed by atoms with Crippen LogP contribution < -0.4 is 10.9 Å². The second-order valence-corrected chi connectivity index (χ2v) is 11.5. The molecule has 2 N–H and O–H groups in total. The van der Waals surface area contributed by atoms with E-state index in [0.717, 1.165) is 32.1 Å². The molecule has 42 heavy (non-hydrogen) atoms. The molecule has 3 aliphatic rings. The Kier molecular flexibility index (Phi) is 9.88. The van der Waals surface area contributed by atoms with Crippen LogP contribution in [-0.2, 0) is 38.0 Å². The van der Waals surface area contributed by atoms with Crippen molar-refractivity contribution in [1.82, 2.24) is 19.5 Å². The van der Waals surface area contributed by atoms with Crippen LogP contribution in [0.2, 0.25) is 0 Å². The summed E-state index contributed by atoms with van der Waals surface area (Å²) in [4.78, 5) is 49.4. The summed E-state index contributed by atoms with van der Waals surface area (Å²) >= 11 is 0. The first-order valence-corrected chi connectivity index (χ1v) is 14.8. The van der Waals surface area contributed by atoms with Gasteiger partial charge in [-0.3, -0.25) is 29.3 Å². The molecular formula is C28H41N5O9. The maximum Gasteiger partial charge on any atom is 0.308 e. The average molecular weight is 592 g/mol. The number of esters is 1. The van der Waals surface area contributed by atoms with Gasteiger partial charge in [-0.05, 0) is 38.5 Å². The molecule has 0 saturated carbocycles. The Bertz CT molecular complexity index is 1280. The van der Waals surface area contributed by atoms with Crippen LogP contribution >= 0.6 is 0 Å². The predicted octanol–water partition coefficient (Wildman–Crippen LogP) is 2.63. The second-order valence-electron chi connectivity index (χ2n) is 11.5. The summed E-state index contributed by atoms with van der Waals surface area (Å²) in [6.45, 7) is 8.25. The Balaban J connectivity index is 1.49. The number of anilines is 1. The van der Waals surface area contributed by atoms with Crippen molar-refractivity contribution in [3.8, 4) is 0 Å². The first-order chi connectivity index (χ1) is 20.2. The average Bonchev–Trinajstić information content (AvgIpc) is 3.54. The smallest absolute Gasteiger partial charge is 0.308 e. The van der Waals surface area contributed by atoms with Gasteiger partial charge in [0, 0.05) is 19.1 Å². The molecule has 2 aromatic rings. The summed E-state index contributed by atoms with van der Waals surface area (Å²) < 4.78 is 38.2. The van der Waals surface area contributed by atoms with E-state index in [-0.39, 0.29) is 41.8 Å². The van der Waals surface area contributed by atoms with Gasteiger partial charge in [-0.2, -0.15) is 4.98 Å². The highest BCUT2D eigenvalue weighted by Gasteiger charge is 2.51. The van der Waals surface area contributed by atoms with Gasteiger partial charge in [-0.25, -0.2) is 4.98 Å². The first-order valence-electron chi connectivity index (χ1n) is 14.8. The molecule has 3 saturated heterocycles. The number of carbonyl (C=O) groups excluding carboxylic acids is 2. The van der Waals surface area contributed by atoms with Crippen molar-refractivity contribution in [2.75, 3.05) is 25.1 Å². The molecule has 0 spiro atoms. The van der Waals surface area contributed by atoms with Gasteiger partial charge in [0.05, 0.1) is 18.9 Å². The molecule has 3 fully saturated rings. The molecule has 14 heteroatoms. The Labute approximate surface area is 243 Å². The van der Waals surface area contributed by atoms with E-state index in [9.17, 15) is 14.4 Å². The highest BCUT2D eigenvalue weighted by molar-refractivity contribution is 5.91. The molecule has 232 valence electrons. The van der Waals surface area contributed by atoms with Gasteiger partial charge < -0.3 is 28.4 Å². The lowest BCUT2D eigenvalue weighted by molar-refractivity contribution is -0.226. The van der Waals surface area contributed by atoms with E-state index in [4.69, 9.17) is 28.4 Å². The van der Waals surface area contributed by atoms with E-state index in [1.165, 1.54) is 10.9 Å². The number of fused-ring (bicyclic) bond motifs is 1. The van der Waals surface area contributed by atoms with E-state index >= 15 is 0 Å². The largest absolute Gasteiger partial charge is 0.454 e. The van der Waals surface area contributed by atoms with E-state index in [1.807, 2.05) is 0 Å². The molecular weight excluding hydrogens is 550 g/mol. The number of H-pyrrole nitrogens is 1. The molecule has 6 atom stereocenters. The van der Waals surface area contributed by atoms with Crippen LogP contribution in [0.25, 0.3) is 11.2 Å². The molecule has 0 aliphatic carbocycles. The number of nitrogens with zero attached hydrogens (tertiary/aromatic N) is 3. The van der Waals surface area contributed by atoms with Crippen LogP contribution in [0.15, 0.2) is 11.1 Å². The van der Waals surface area contributed by atoms with Crippen LogP contribution in [0.3, 0.4) is 0 Å². The summed E-state index contributed by atoms with van der Waals surface area (Å²) in [5.74, 6) is -1.53. The van der Waals surface area contributed by atoms with Crippen molar-refractivity contribution in [3.05, 3.63) is 16.7 Å². The minimum absolute atomic E-state index is 0.0283. The van der Waals surface area contributed by atoms with Crippen molar-refractivity contribution in [2.45, 2.75) is 103 Å². The number of imidazole rings is 1. The minimum Gasteiger partial charge on any atom is -0.454 e. The predicted molar refractivity (Wildman–Crippen MR) is 148 cm³/mol. The fraction of sp³-hybridized carbons (Fsp3) is 0.750. The van der Waals surface area contributed by atoms with E-state index in [0.29, 0.717) is 19.6 Å². The lowest BCUT2D eigenvalue weighted by Gasteiger charge is -2.31. The van der Waals surface area contributed by atoms with E-state index in [2.05, 4.69) is 20.3 Å². The summed E-state index contributed by atoms with van der Waals surface area (Å²) in [5, 5.41) is 2.62. The Hall–Kier alpha value is -2.91. The van der Waals surface area contributed by atoms with Gasteiger partial charge in [-0.15, -0.1) is 0 Å². The van der Waals surface area contributed by atoms with Gasteiger partial charge in [-0.1, -0.05) is 27.7 Å². The van der Waals surface area contributed by atoms with Crippen molar-refractivity contribution in [3.63, 3.8) is 0 Å². The van der Waals surface area contributed by atoms with Crippen LogP contribution in [0.1, 0.15) is 72.4 Å². The van der Waals surface area contributed by atoms with Crippen molar-refractivity contribution in [2.24, 2.45) is 11.8 Å². The number of aromatic nitrogens is 4. The topological polar surface area (TPSA) is 165 Å². The number of hydrogen-bond donors (Lipinski definition) is 2. The molecule has 1 amide bonds. The molecule has 0 bridgehead atoms. The summed E-state index contributed by atoms with van der Waals surface area (Å²) in [6.07, 6.45) is 2.52. The Morgan fingerprint density at radius 2 is 1.76 bits per heavy atom. The maximum absolute atomic E-state index is 13.0. The SMILES string of the molecule is CC(C)C(=O)Nc1nc2c(ncn2[C@@H]2O[C@H](COC3CCCCO3)[C@@H](OC3CCCCO3)[C@@H]2OC(=O)C(C)C)c(=O)[nH]1. The van der Waals surface area contributed by atoms with Crippen LogP contribution in [0, 0.1) is 11.8 Å². The molecule has 0 radical (unpaired) electrons. The molecule has 2 aromatic heterocycles. The third-order valence-electron chi connectivity index (χ3n) is 7.51. The number of ether oxygens (including phenoxy) is 6. The van der Waals surface area contributed by atoms with Crippen molar-refractivity contribution in [1.29, 1.82) is 0 Å². The zero-order valence-electron chi connectivity index (χ0n) is 24.6. The fourth-order valence-electron chi connectivity index (χ4n) is 5.10. The number of nitrogens with one attached hydrogen (secondary N) is 2. The summed E-state index contributed by atoms with van der Waals surface area (Å²) in [6, 6.07) is 0. The molecule has 14 nitrogen and oxygen atoms in total. The third-order valence-corrected chi connectivity index (χ3v) is 7.51. The fourth-order valence-corrected chi connectivity index (χ4v) is 5.10. The van der Waals surface area contributed by atoms with Crippen LogP contribution in [-0.4, -0.2) is 82.1 Å². The van der Waals surface area contributed by atoms with Gasteiger partial charge in [0.1, 0.15) is 12.2 Å². The van der Waals surface area contributed by atoms with Crippen LogP contribution in [0.5, 0.6) is 0 Å². The normalized spacial score (nSPS) is 28.4. The van der Waals surface area contributed by atoms with Crippen molar-refractivity contribution >= 4 is 29.0 Å². The number of rotatable bonds is 10. The Morgan fingerprint density at radius 1 is 1.05 bits per heavy atom. The summed E-state index contributed by atoms with van der Waals surface area (Å²) in [7, 11) is 0. The van der Waals surface area contributed by atoms with Gasteiger partial charge in [0.25, 0.3) is 5.56 Å². The quantitative estimate of drug-likeness (QED) is 0.390. The number of hydrogen-bond acceptors (Lipinski definition) is 11. The number of carbonyl (C=O) groups is 2. The molecule has 5 heterocycles. The van der Waals surface area contributed by atoms with Gasteiger partial charge in [0.15, 0.2) is 36.1 Å². The standard InChI is InChI=1S/C28H41N5O9/c1-15(2)24(34)31-28-30-23-20(25(35)32-28)29-14-33(23)26-22(42-27(36)16(3)4)21(41-19-10-6-8-12-38-19)17(40-26)13-39-18-9-5-7-11-37-18/h14-19,21-22,26H,5-13H2,1-4H3,(H2,30,31,32,34,35)/t17-,18?,19?,21-,22+,26-/m1/s1. The molecule has 3 aliphatic heterocycles. The minimum atomic E-state index is -0.963. The van der Waals surface area contributed by atoms with E-state index in [1.54, 1.807) is 27.7 Å². The van der Waals surface area contributed by atoms with Gasteiger partial charge >= 0.3 is 5.97 Å². The van der Waals surface area contributed by atoms with Gasteiger partial charge in [0.2, 0.25) is 11.9 Å². The zero-order valence-corrected chi connectivity index (χ0v) is 24.6. The van der Waals surface area contributed by atoms with Crippen molar-refractivity contribution < 1.29 is 38.0 Å². The maximum atomic E-state index is 13.0. The monoisotopic (exact) mass is 591 g/mol. The third kappa shape index (κ3) is 7.00. The van der Waals surface area contributed by atoms with Crippen LogP contribution in [0.4, 0.5) is 5.95 Å². The molecule has 5 rings (SSSR count). The molecule has 0 aromatic carbocycles. The first kappa shape index (κ1) is 30.5. The second kappa shape index (κ2) is 13.6.